The van der Waals surface area contributed by atoms with Gasteiger partial charge in [0, 0.05) is 30.4 Å². The summed E-state index contributed by atoms with van der Waals surface area (Å²) in [6.45, 7) is 6.15. The largest absolute Gasteiger partial charge is 0.352 e. The van der Waals surface area contributed by atoms with Crippen molar-refractivity contribution in [3.63, 3.8) is 0 Å². The molecule has 4 rings (SSSR count). The van der Waals surface area contributed by atoms with Crippen LogP contribution in [0.25, 0.3) is 11.3 Å². The van der Waals surface area contributed by atoms with Gasteiger partial charge in [0.15, 0.2) is 0 Å². The Hall–Kier alpha value is -2.76. The molecule has 1 aromatic heterocycles. The molecule has 0 aliphatic heterocycles. The van der Waals surface area contributed by atoms with Gasteiger partial charge in [-0.25, -0.2) is 4.39 Å². The van der Waals surface area contributed by atoms with E-state index >= 15 is 0 Å². The van der Waals surface area contributed by atoms with E-state index in [4.69, 9.17) is 0 Å². The number of nitrogens with one attached hydrogen (secondary N) is 1. The van der Waals surface area contributed by atoms with Crippen LogP contribution in [0.4, 0.5) is 4.39 Å². The third-order valence-corrected chi connectivity index (χ3v) is 6.55. The molecule has 186 valence electrons. The molecule has 1 N–H and O–H groups in total. The molecular formula is C29H35ClFN3O. The maximum atomic E-state index is 13.2. The number of hydrogen-bond donors (Lipinski definition) is 1. The summed E-state index contributed by atoms with van der Waals surface area (Å²) in [5, 5.41) is 3.05. The molecule has 3 aromatic rings. The van der Waals surface area contributed by atoms with Crippen LogP contribution in [0.2, 0.25) is 0 Å². The van der Waals surface area contributed by atoms with E-state index in [2.05, 4.69) is 22.1 Å². The summed E-state index contributed by atoms with van der Waals surface area (Å²) in [6.07, 6.45) is 6.13. The minimum atomic E-state index is -0.165. The molecule has 2 atom stereocenters. The zero-order chi connectivity index (χ0) is 23.8. The number of carbonyl (C=O) groups is 1. The Labute approximate surface area is 214 Å². The van der Waals surface area contributed by atoms with Crippen molar-refractivity contribution in [3.05, 3.63) is 89.9 Å². The number of amides is 1. The highest BCUT2D eigenvalue weighted by Gasteiger charge is 2.38. The SMILES string of the molecule is CCCN(CCCCNC(=O)c1ccc(-c2ccccn2)cc1)CC1CC1c1ccc(F)cc1.Cl. The van der Waals surface area contributed by atoms with Gasteiger partial charge < -0.3 is 10.2 Å². The first-order valence-electron chi connectivity index (χ1n) is 12.4. The number of rotatable bonds is 12. The monoisotopic (exact) mass is 495 g/mol. The van der Waals surface area contributed by atoms with Crippen molar-refractivity contribution < 1.29 is 9.18 Å². The van der Waals surface area contributed by atoms with Crippen LogP contribution in [0.15, 0.2) is 72.9 Å². The van der Waals surface area contributed by atoms with Crippen molar-refractivity contribution in [2.45, 2.75) is 38.5 Å². The quantitative estimate of drug-likeness (QED) is 0.298. The fraction of sp³-hybridized carbons (Fsp3) is 0.379. The highest BCUT2D eigenvalue weighted by atomic mass is 35.5. The lowest BCUT2D eigenvalue weighted by atomic mass is 10.1. The van der Waals surface area contributed by atoms with Crippen LogP contribution in [-0.4, -0.2) is 42.0 Å². The van der Waals surface area contributed by atoms with Crippen LogP contribution in [0.3, 0.4) is 0 Å². The second-order valence-corrected chi connectivity index (χ2v) is 9.21. The predicted octanol–water partition coefficient (Wildman–Crippen LogP) is 6.34. The Morgan fingerprint density at radius 3 is 2.49 bits per heavy atom. The zero-order valence-electron chi connectivity index (χ0n) is 20.3. The van der Waals surface area contributed by atoms with E-state index in [0.29, 0.717) is 23.9 Å². The third kappa shape index (κ3) is 7.87. The fourth-order valence-electron chi connectivity index (χ4n) is 4.60. The van der Waals surface area contributed by atoms with Crippen molar-refractivity contribution in [1.29, 1.82) is 0 Å². The molecule has 0 saturated heterocycles. The smallest absolute Gasteiger partial charge is 0.251 e. The van der Waals surface area contributed by atoms with E-state index in [1.165, 1.54) is 12.0 Å². The Morgan fingerprint density at radius 2 is 1.80 bits per heavy atom. The molecule has 35 heavy (non-hydrogen) atoms. The molecule has 1 fully saturated rings. The third-order valence-electron chi connectivity index (χ3n) is 6.55. The minimum absolute atomic E-state index is 0. The summed E-state index contributed by atoms with van der Waals surface area (Å²) >= 11 is 0. The van der Waals surface area contributed by atoms with Gasteiger partial charge >= 0.3 is 0 Å². The van der Waals surface area contributed by atoms with E-state index in [9.17, 15) is 9.18 Å². The number of pyridine rings is 1. The second-order valence-electron chi connectivity index (χ2n) is 9.21. The van der Waals surface area contributed by atoms with Gasteiger partial charge in [-0.2, -0.15) is 0 Å². The molecule has 1 amide bonds. The van der Waals surface area contributed by atoms with Crippen molar-refractivity contribution in [2.24, 2.45) is 5.92 Å². The number of halogens is 2. The van der Waals surface area contributed by atoms with Crippen molar-refractivity contribution in [2.75, 3.05) is 26.2 Å². The van der Waals surface area contributed by atoms with Crippen LogP contribution in [-0.2, 0) is 0 Å². The first-order valence-corrected chi connectivity index (χ1v) is 12.4. The van der Waals surface area contributed by atoms with Gasteiger partial charge in [-0.3, -0.25) is 9.78 Å². The maximum absolute atomic E-state index is 13.2. The van der Waals surface area contributed by atoms with Gasteiger partial charge in [0.2, 0.25) is 0 Å². The van der Waals surface area contributed by atoms with Gasteiger partial charge in [-0.15, -0.1) is 12.4 Å². The summed E-state index contributed by atoms with van der Waals surface area (Å²) in [6, 6.07) is 20.4. The number of nitrogens with zero attached hydrogens (tertiary/aromatic N) is 2. The molecule has 2 unspecified atom stereocenters. The topological polar surface area (TPSA) is 45.2 Å². The number of unbranched alkanes of at least 4 members (excludes halogenated alkanes) is 1. The van der Waals surface area contributed by atoms with Crippen LogP contribution in [0.1, 0.15) is 54.4 Å². The Morgan fingerprint density at radius 1 is 1.03 bits per heavy atom. The van der Waals surface area contributed by atoms with Crippen molar-refractivity contribution >= 4 is 18.3 Å². The standard InChI is InChI=1S/C29H34FN3O.ClH/c1-2-18-33(21-25-20-27(25)22-12-14-26(30)15-13-22)19-6-5-17-32-29(34)24-10-8-23(9-11-24)28-7-3-4-16-31-28;/h3-4,7-16,25,27H,2,5-6,17-21H2,1H3,(H,32,34);1H. The lowest BCUT2D eigenvalue weighted by Crippen LogP contribution is -2.29. The van der Waals surface area contributed by atoms with Crippen LogP contribution in [0, 0.1) is 11.7 Å². The molecule has 0 spiro atoms. The lowest BCUT2D eigenvalue weighted by molar-refractivity contribution is 0.0952. The van der Waals surface area contributed by atoms with E-state index in [1.54, 1.807) is 18.3 Å². The molecule has 4 nitrogen and oxygen atoms in total. The first kappa shape index (κ1) is 26.8. The van der Waals surface area contributed by atoms with Gasteiger partial charge in [0.1, 0.15) is 5.82 Å². The summed E-state index contributed by atoms with van der Waals surface area (Å²) in [7, 11) is 0. The number of hydrogen-bond acceptors (Lipinski definition) is 3. The molecule has 2 aromatic carbocycles. The van der Waals surface area contributed by atoms with E-state index in [0.717, 1.165) is 50.2 Å². The zero-order valence-corrected chi connectivity index (χ0v) is 21.1. The normalized spacial score (nSPS) is 16.5. The summed E-state index contributed by atoms with van der Waals surface area (Å²) < 4.78 is 13.2. The minimum Gasteiger partial charge on any atom is -0.352 e. The van der Waals surface area contributed by atoms with Gasteiger partial charge in [0.05, 0.1) is 5.69 Å². The van der Waals surface area contributed by atoms with E-state index < -0.39 is 0 Å². The second kappa shape index (κ2) is 13.4. The van der Waals surface area contributed by atoms with E-state index in [-0.39, 0.29) is 24.1 Å². The van der Waals surface area contributed by atoms with Crippen molar-refractivity contribution in [3.8, 4) is 11.3 Å². The highest BCUT2D eigenvalue weighted by molar-refractivity contribution is 5.94. The molecule has 0 bridgehead atoms. The summed E-state index contributed by atoms with van der Waals surface area (Å²) in [5.41, 5.74) is 3.85. The Balaban J connectivity index is 0.00000342. The molecule has 1 heterocycles. The van der Waals surface area contributed by atoms with Crippen LogP contribution in [0.5, 0.6) is 0 Å². The first-order chi connectivity index (χ1) is 16.6. The summed E-state index contributed by atoms with van der Waals surface area (Å²) in [4.78, 5) is 19.4. The predicted molar refractivity (Wildman–Crippen MR) is 142 cm³/mol. The van der Waals surface area contributed by atoms with Crippen LogP contribution < -0.4 is 5.32 Å². The Bertz CT molecular complexity index is 1040. The number of benzene rings is 2. The van der Waals surface area contributed by atoms with Gasteiger partial charge in [-0.05, 0) is 92.6 Å². The molecular weight excluding hydrogens is 461 g/mol. The number of aromatic nitrogens is 1. The van der Waals surface area contributed by atoms with Crippen molar-refractivity contribution in [1.82, 2.24) is 15.2 Å². The molecule has 1 aliphatic carbocycles. The van der Waals surface area contributed by atoms with Gasteiger partial charge in [-0.1, -0.05) is 37.3 Å². The summed E-state index contributed by atoms with van der Waals surface area (Å²) in [5.74, 6) is 1.05. The average molecular weight is 496 g/mol. The Kier molecular flexibility index (Phi) is 10.2. The highest BCUT2D eigenvalue weighted by Crippen LogP contribution is 2.47. The van der Waals surface area contributed by atoms with Gasteiger partial charge in [0.25, 0.3) is 5.91 Å². The molecule has 1 saturated carbocycles. The lowest BCUT2D eigenvalue weighted by Gasteiger charge is -2.22. The van der Waals surface area contributed by atoms with Crippen LogP contribution >= 0.6 is 12.4 Å². The molecule has 6 heteroatoms. The number of carbonyl (C=O) groups excluding carboxylic acids is 1. The maximum Gasteiger partial charge on any atom is 0.251 e. The van der Waals surface area contributed by atoms with E-state index in [1.807, 2.05) is 54.6 Å². The fourth-order valence-corrected chi connectivity index (χ4v) is 4.60. The molecule has 1 aliphatic rings. The molecule has 0 radical (unpaired) electrons. The average Bonchev–Trinajstić information content (AvgIpc) is 3.64.